The fourth-order valence-electron chi connectivity index (χ4n) is 1.16. The normalized spacial score (nSPS) is 16.9. The summed E-state index contributed by atoms with van der Waals surface area (Å²) in [5.74, 6) is 0. The number of aromatic nitrogens is 2. The summed E-state index contributed by atoms with van der Waals surface area (Å²) in [6, 6.07) is 1.18. The molecule has 0 spiro atoms. The van der Waals surface area contributed by atoms with Crippen LogP contribution in [-0.4, -0.2) is 15.8 Å². The molecule has 0 atom stereocenters. The van der Waals surface area contributed by atoms with Crippen molar-refractivity contribution < 1.29 is 0 Å². The molecule has 2 rings (SSSR count). The second kappa shape index (κ2) is 2.81. The first kappa shape index (κ1) is 7.65. The summed E-state index contributed by atoms with van der Waals surface area (Å²) in [5, 5.41) is 7.66. The van der Waals surface area contributed by atoms with Crippen LogP contribution >= 0.6 is 0 Å². The molecule has 1 saturated carbocycles. The maximum atomic E-state index is 4.25. The fraction of sp³-hybridized carbons (Fsp3) is 0.667. The van der Waals surface area contributed by atoms with Gasteiger partial charge in [-0.1, -0.05) is 0 Å². The summed E-state index contributed by atoms with van der Waals surface area (Å²) < 4.78 is 1.98. The minimum atomic E-state index is 0.458. The summed E-state index contributed by atoms with van der Waals surface area (Å²) >= 11 is 0. The number of nitrogens with one attached hydrogen (secondary N) is 1. The van der Waals surface area contributed by atoms with Crippen LogP contribution in [0.3, 0.4) is 0 Å². The van der Waals surface area contributed by atoms with Gasteiger partial charge in [-0.3, -0.25) is 4.68 Å². The van der Waals surface area contributed by atoms with Crippen LogP contribution < -0.4 is 5.32 Å². The maximum absolute atomic E-state index is 4.25. The standard InChI is InChI=1S/C9H15N3/c1-7(2)12-6-9(5-10-12)11-8-3-4-8/h5-8,11H,3-4H2,1-2H3. The zero-order chi connectivity index (χ0) is 8.55. The third-order valence-electron chi connectivity index (χ3n) is 2.08. The Balaban J connectivity index is 2.02. The first-order valence-electron chi connectivity index (χ1n) is 4.56. The molecule has 1 aromatic rings. The summed E-state index contributed by atoms with van der Waals surface area (Å²) in [4.78, 5) is 0. The molecule has 1 heterocycles. The number of nitrogens with zero attached hydrogens (tertiary/aromatic N) is 2. The van der Waals surface area contributed by atoms with Crippen LogP contribution in [0.25, 0.3) is 0 Å². The first-order chi connectivity index (χ1) is 5.75. The molecule has 0 aliphatic heterocycles. The highest BCUT2D eigenvalue weighted by atomic mass is 15.3. The van der Waals surface area contributed by atoms with Crippen LogP contribution in [0, 0.1) is 0 Å². The molecule has 3 heteroatoms. The van der Waals surface area contributed by atoms with Crippen LogP contribution in [-0.2, 0) is 0 Å². The van der Waals surface area contributed by atoms with Crippen molar-refractivity contribution in [2.24, 2.45) is 0 Å². The zero-order valence-corrected chi connectivity index (χ0v) is 7.62. The van der Waals surface area contributed by atoms with Crippen molar-refractivity contribution in [1.82, 2.24) is 9.78 Å². The third kappa shape index (κ3) is 1.60. The minimum Gasteiger partial charge on any atom is -0.380 e. The molecule has 1 N–H and O–H groups in total. The molecular weight excluding hydrogens is 150 g/mol. The lowest BCUT2D eigenvalue weighted by Crippen LogP contribution is -2.01. The fourth-order valence-corrected chi connectivity index (χ4v) is 1.16. The molecule has 0 aromatic carbocycles. The molecule has 0 radical (unpaired) electrons. The van der Waals surface area contributed by atoms with Gasteiger partial charge in [-0.2, -0.15) is 5.10 Å². The van der Waals surface area contributed by atoms with Gasteiger partial charge in [0.1, 0.15) is 0 Å². The summed E-state index contributed by atoms with van der Waals surface area (Å²) in [6.07, 6.45) is 6.60. The van der Waals surface area contributed by atoms with Crippen molar-refractivity contribution in [3.05, 3.63) is 12.4 Å². The summed E-state index contributed by atoms with van der Waals surface area (Å²) in [5.41, 5.74) is 1.16. The Kier molecular flexibility index (Phi) is 1.79. The quantitative estimate of drug-likeness (QED) is 0.742. The van der Waals surface area contributed by atoms with E-state index in [-0.39, 0.29) is 0 Å². The van der Waals surface area contributed by atoms with Gasteiger partial charge in [0.25, 0.3) is 0 Å². The van der Waals surface area contributed by atoms with Crippen LogP contribution in [0.2, 0.25) is 0 Å². The number of rotatable bonds is 3. The Hall–Kier alpha value is -0.990. The second-order valence-electron chi connectivity index (χ2n) is 3.72. The van der Waals surface area contributed by atoms with Gasteiger partial charge in [0, 0.05) is 18.3 Å². The monoisotopic (exact) mass is 165 g/mol. The Morgan fingerprint density at radius 3 is 2.83 bits per heavy atom. The Morgan fingerprint density at radius 1 is 1.58 bits per heavy atom. The van der Waals surface area contributed by atoms with Gasteiger partial charge in [-0.05, 0) is 26.7 Å². The Bertz CT molecular complexity index is 260. The lowest BCUT2D eigenvalue weighted by atomic mass is 10.4. The van der Waals surface area contributed by atoms with Crippen LogP contribution in [0.15, 0.2) is 12.4 Å². The van der Waals surface area contributed by atoms with E-state index in [1.165, 1.54) is 12.8 Å². The van der Waals surface area contributed by atoms with E-state index in [1.807, 2.05) is 10.9 Å². The molecule has 12 heavy (non-hydrogen) atoms. The van der Waals surface area contributed by atoms with Crippen molar-refractivity contribution in [3.63, 3.8) is 0 Å². The summed E-state index contributed by atoms with van der Waals surface area (Å²) in [6.45, 7) is 4.27. The van der Waals surface area contributed by atoms with Gasteiger partial charge in [0.15, 0.2) is 0 Å². The van der Waals surface area contributed by atoms with E-state index < -0.39 is 0 Å². The second-order valence-corrected chi connectivity index (χ2v) is 3.72. The van der Waals surface area contributed by atoms with Crippen molar-refractivity contribution in [1.29, 1.82) is 0 Å². The molecule has 1 aromatic heterocycles. The van der Waals surface area contributed by atoms with Gasteiger partial charge in [-0.25, -0.2) is 0 Å². The van der Waals surface area contributed by atoms with Crippen molar-refractivity contribution in [2.75, 3.05) is 5.32 Å². The van der Waals surface area contributed by atoms with E-state index in [0.29, 0.717) is 6.04 Å². The molecule has 3 nitrogen and oxygen atoms in total. The molecule has 0 bridgehead atoms. The van der Waals surface area contributed by atoms with Crippen molar-refractivity contribution in [2.45, 2.75) is 38.8 Å². The van der Waals surface area contributed by atoms with Gasteiger partial charge >= 0.3 is 0 Å². The molecule has 0 saturated heterocycles. The third-order valence-corrected chi connectivity index (χ3v) is 2.08. The van der Waals surface area contributed by atoms with Crippen LogP contribution in [0.5, 0.6) is 0 Å². The van der Waals surface area contributed by atoms with Gasteiger partial charge in [0.2, 0.25) is 0 Å². The van der Waals surface area contributed by atoms with Crippen LogP contribution in [0.1, 0.15) is 32.7 Å². The molecular formula is C9H15N3. The highest BCUT2D eigenvalue weighted by molar-refractivity contribution is 5.40. The predicted molar refractivity (Wildman–Crippen MR) is 49.3 cm³/mol. The highest BCUT2D eigenvalue weighted by Crippen LogP contribution is 2.24. The number of hydrogen-bond donors (Lipinski definition) is 1. The molecule has 1 aliphatic rings. The van der Waals surface area contributed by atoms with E-state index in [2.05, 4.69) is 30.5 Å². The zero-order valence-electron chi connectivity index (χ0n) is 7.62. The Labute approximate surface area is 72.8 Å². The number of anilines is 1. The van der Waals surface area contributed by atoms with Gasteiger partial charge < -0.3 is 5.32 Å². The van der Waals surface area contributed by atoms with E-state index in [9.17, 15) is 0 Å². The topological polar surface area (TPSA) is 29.9 Å². The average Bonchev–Trinajstić information content (AvgIpc) is 2.66. The van der Waals surface area contributed by atoms with Crippen LogP contribution in [0.4, 0.5) is 5.69 Å². The maximum Gasteiger partial charge on any atom is 0.0728 e. The largest absolute Gasteiger partial charge is 0.380 e. The number of hydrogen-bond acceptors (Lipinski definition) is 2. The smallest absolute Gasteiger partial charge is 0.0728 e. The van der Waals surface area contributed by atoms with Crippen molar-refractivity contribution in [3.8, 4) is 0 Å². The molecule has 1 fully saturated rings. The first-order valence-corrected chi connectivity index (χ1v) is 4.56. The van der Waals surface area contributed by atoms with Gasteiger partial charge in [-0.15, -0.1) is 0 Å². The molecule has 0 amide bonds. The van der Waals surface area contributed by atoms with E-state index in [4.69, 9.17) is 0 Å². The highest BCUT2D eigenvalue weighted by Gasteiger charge is 2.21. The minimum absolute atomic E-state index is 0.458. The van der Waals surface area contributed by atoms with E-state index in [1.54, 1.807) is 0 Å². The lowest BCUT2D eigenvalue weighted by molar-refractivity contribution is 0.532. The average molecular weight is 165 g/mol. The van der Waals surface area contributed by atoms with E-state index >= 15 is 0 Å². The predicted octanol–water partition coefficient (Wildman–Crippen LogP) is 2.04. The molecule has 0 unspecified atom stereocenters. The summed E-state index contributed by atoms with van der Waals surface area (Å²) in [7, 11) is 0. The molecule has 1 aliphatic carbocycles. The van der Waals surface area contributed by atoms with E-state index in [0.717, 1.165) is 11.7 Å². The lowest BCUT2D eigenvalue weighted by Gasteiger charge is -2.03. The SMILES string of the molecule is CC(C)n1cc(NC2CC2)cn1. The van der Waals surface area contributed by atoms with Crippen molar-refractivity contribution >= 4 is 5.69 Å². The van der Waals surface area contributed by atoms with Gasteiger partial charge in [0.05, 0.1) is 11.9 Å². The molecule has 66 valence electrons. The Morgan fingerprint density at radius 2 is 2.33 bits per heavy atom.